The van der Waals surface area contributed by atoms with Gasteiger partial charge in [0.15, 0.2) is 0 Å². The molecule has 2 N–H and O–H groups in total. The van der Waals surface area contributed by atoms with Gasteiger partial charge in [-0.1, -0.05) is 13.8 Å². The fourth-order valence-corrected chi connectivity index (χ4v) is 1.58. The molecule has 0 fully saturated rings. The van der Waals surface area contributed by atoms with E-state index in [2.05, 4.69) is 0 Å². The van der Waals surface area contributed by atoms with Crippen LogP contribution in [-0.4, -0.2) is 27.9 Å². The summed E-state index contributed by atoms with van der Waals surface area (Å²) in [6.07, 6.45) is 0. The predicted molar refractivity (Wildman–Crippen MR) is 66.7 cm³/mol. The second-order valence-electron chi connectivity index (χ2n) is 4.57. The molecule has 0 aromatic heterocycles. The molecule has 9 heteroatoms. The number of nitro benzene ring substituents is 1. The van der Waals surface area contributed by atoms with E-state index in [1.54, 1.807) is 0 Å². The Morgan fingerprint density at radius 3 is 2.29 bits per heavy atom. The van der Waals surface area contributed by atoms with Crippen LogP contribution in [0, 0.1) is 27.7 Å². The molecule has 0 bridgehead atoms. The normalized spacial score (nSPS) is 12.0. The minimum absolute atomic E-state index is 0.207. The number of rotatable bonds is 5. The lowest BCUT2D eigenvalue weighted by atomic mass is 10.0. The Morgan fingerprint density at radius 1 is 1.29 bits per heavy atom. The number of amides is 1. The van der Waals surface area contributed by atoms with E-state index in [-0.39, 0.29) is 6.07 Å². The number of halogens is 2. The molecule has 0 aliphatic heterocycles. The molecule has 0 aliphatic carbocycles. The molecule has 0 unspecified atom stereocenters. The first-order valence-electron chi connectivity index (χ1n) is 5.82. The summed E-state index contributed by atoms with van der Waals surface area (Å²) in [5.74, 6) is -5.74. The highest BCUT2D eigenvalue weighted by Gasteiger charge is 2.27. The van der Waals surface area contributed by atoms with Crippen molar-refractivity contribution in [2.24, 2.45) is 5.92 Å². The predicted octanol–water partition coefficient (Wildman–Crippen LogP) is 1.71. The van der Waals surface area contributed by atoms with Crippen molar-refractivity contribution >= 4 is 17.6 Å². The van der Waals surface area contributed by atoms with Crippen molar-refractivity contribution in [3.63, 3.8) is 0 Å². The number of nitrogens with zero attached hydrogens (tertiary/aromatic N) is 1. The number of hydrogen-bond donors (Lipinski definition) is 2. The van der Waals surface area contributed by atoms with Crippen LogP contribution in [0.2, 0.25) is 0 Å². The largest absolute Gasteiger partial charge is 0.480 e. The maximum Gasteiger partial charge on any atom is 0.326 e. The number of nitrogens with one attached hydrogen (secondary N) is 1. The summed E-state index contributed by atoms with van der Waals surface area (Å²) < 4.78 is 26.7. The van der Waals surface area contributed by atoms with E-state index < -0.39 is 51.6 Å². The lowest BCUT2D eigenvalue weighted by Crippen LogP contribution is -2.44. The van der Waals surface area contributed by atoms with Gasteiger partial charge in [-0.25, -0.2) is 9.18 Å². The summed E-state index contributed by atoms with van der Waals surface area (Å²) in [5.41, 5.74) is -1.87. The van der Waals surface area contributed by atoms with Gasteiger partial charge in [0, 0.05) is 12.1 Å². The van der Waals surface area contributed by atoms with Gasteiger partial charge in [-0.05, 0) is 5.92 Å². The second kappa shape index (κ2) is 6.25. The van der Waals surface area contributed by atoms with Gasteiger partial charge in [-0.3, -0.25) is 14.9 Å². The Balaban J connectivity index is 3.15. The molecule has 1 atom stereocenters. The highest BCUT2D eigenvalue weighted by Crippen LogP contribution is 2.21. The van der Waals surface area contributed by atoms with Gasteiger partial charge in [-0.15, -0.1) is 0 Å². The molecule has 0 heterocycles. The molecule has 0 saturated heterocycles. The molecular weight excluding hydrogens is 290 g/mol. The third-order valence-corrected chi connectivity index (χ3v) is 2.70. The molecule has 0 radical (unpaired) electrons. The second-order valence-corrected chi connectivity index (χ2v) is 4.57. The van der Waals surface area contributed by atoms with E-state index in [1.165, 1.54) is 13.8 Å². The maximum absolute atomic E-state index is 13.5. The van der Waals surface area contributed by atoms with Crippen LogP contribution in [0.1, 0.15) is 24.2 Å². The van der Waals surface area contributed by atoms with Gasteiger partial charge in [0.2, 0.25) is 5.82 Å². The van der Waals surface area contributed by atoms with E-state index >= 15 is 0 Å². The first-order valence-corrected chi connectivity index (χ1v) is 5.82. The van der Waals surface area contributed by atoms with Crippen molar-refractivity contribution in [2.45, 2.75) is 19.9 Å². The molecule has 1 aromatic carbocycles. The molecule has 21 heavy (non-hydrogen) atoms. The molecule has 114 valence electrons. The highest BCUT2D eigenvalue weighted by atomic mass is 19.1. The number of benzene rings is 1. The first kappa shape index (κ1) is 16.5. The number of carbonyl (C=O) groups is 2. The van der Waals surface area contributed by atoms with Crippen molar-refractivity contribution in [1.29, 1.82) is 0 Å². The zero-order valence-corrected chi connectivity index (χ0v) is 11.1. The number of carboxylic acids is 1. The lowest BCUT2D eigenvalue weighted by molar-refractivity contribution is -0.387. The Kier molecular flexibility index (Phi) is 4.90. The van der Waals surface area contributed by atoms with Gasteiger partial charge in [0.1, 0.15) is 11.9 Å². The standard InChI is InChI=1S/C12H12F2N2O5/c1-5(2)10(12(18)19)15-11(17)6-3-9(16(20)21)8(14)4-7(6)13/h3-5,10H,1-2H3,(H,15,17)(H,18,19)/t10-/m0/s1. The summed E-state index contributed by atoms with van der Waals surface area (Å²) in [4.78, 5) is 32.2. The van der Waals surface area contributed by atoms with E-state index in [1.807, 2.05) is 5.32 Å². The highest BCUT2D eigenvalue weighted by molar-refractivity contribution is 5.97. The number of hydrogen-bond acceptors (Lipinski definition) is 4. The molecule has 0 spiro atoms. The monoisotopic (exact) mass is 302 g/mol. The fourth-order valence-electron chi connectivity index (χ4n) is 1.58. The number of aliphatic carboxylic acids is 1. The average Bonchev–Trinajstić information content (AvgIpc) is 2.34. The SMILES string of the molecule is CC(C)[C@H](NC(=O)c1cc([N+](=O)[O-])c(F)cc1F)C(=O)O. The molecule has 0 aliphatic rings. The van der Waals surface area contributed by atoms with E-state index in [4.69, 9.17) is 5.11 Å². The summed E-state index contributed by atoms with van der Waals surface area (Å²) in [5, 5.41) is 21.5. The minimum atomic E-state index is -1.42. The molecular formula is C12H12F2N2O5. The molecule has 1 aromatic rings. The topological polar surface area (TPSA) is 110 Å². The number of nitro groups is 1. The van der Waals surface area contributed by atoms with Crippen LogP contribution in [0.5, 0.6) is 0 Å². The van der Waals surface area contributed by atoms with Crippen LogP contribution in [0.25, 0.3) is 0 Å². The maximum atomic E-state index is 13.5. The van der Waals surface area contributed by atoms with Gasteiger partial charge in [-0.2, -0.15) is 4.39 Å². The minimum Gasteiger partial charge on any atom is -0.480 e. The lowest BCUT2D eigenvalue weighted by Gasteiger charge is -2.18. The quantitative estimate of drug-likeness (QED) is 0.635. The summed E-state index contributed by atoms with van der Waals surface area (Å²) >= 11 is 0. The Hall–Kier alpha value is -2.58. The van der Waals surface area contributed by atoms with Crippen LogP contribution in [0.3, 0.4) is 0 Å². The zero-order valence-electron chi connectivity index (χ0n) is 11.1. The number of carbonyl (C=O) groups excluding carboxylic acids is 1. The van der Waals surface area contributed by atoms with Crippen LogP contribution in [0.15, 0.2) is 12.1 Å². The van der Waals surface area contributed by atoms with Crippen molar-refractivity contribution in [3.05, 3.63) is 39.4 Å². The molecule has 1 amide bonds. The van der Waals surface area contributed by atoms with E-state index in [0.29, 0.717) is 6.07 Å². The number of carboxylic acid groups (broad SMARTS) is 1. The summed E-state index contributed by atoms with van der Waals surface area (Å²) in [6.45, 7) is 3.03. The van der Waals surface area contributed by atoms with E-state index in [0.717, 1.165) is 0 Å². The van der Waals surface area contributed by atoms with E-state index in [9.17, 15) is 28.5 Å². The van der Waals surface area contributed by atoms with Crippen molar-refractivity contribution in [2.75, 3.05) is 0 Å². The summed E-state index contributed by atoms with van der Waals surface area (Å²) in [6, 6.07) is -0.668. The van der Waals surface area contributed by atoms with Crippen LogP contribution < -0.4 is 5.32 Å². The Bertz CT molecular complexity index is 604. The zero-order chi connectivity index (χ0) is 16.3. The Morgan fingerprint density at radius 2 is 1.86 bits per heavy atom. The molecule has 0 saturated carbocycles. The van der Waals surface area contributed by atoms with Gasteiger partial charge in [0.05, 0.1) is 10.5 Å². The van der Waals surface area contributed by atoms with Crippen LogP contribution in [0.4, 0.5) is 14.5 Å². The molecule has 7 nitrogen and oxygen atoms in total. The van der Waals surface area contributed by atoms with Crippen molar-refractivity contribution in [3.8, 4) is 0 Å². The Labute approximate surface area is 117 Å². The van der Waals surface area contributed by atoms with Gasteiger partial charge >= 0.3 is 11.7 Å². The first-order chi connectivity index (χ1) is 9.65. The molecule has 1 rings (SSSR count). The van der Waals surface area contributed by atoms with Crippen LogP contribution in [-0.2, 0) is 4.79 Å². The van der Waals surface area contributed by atoms with Crippen molar-refractivity contribution in [1.82, 2.24) is 5.32 Å². The van der Waals surface area contributed by atoms with Gasteiger partial charge in [0.25, 0.3) is 5.91 Å². The summed E-state index contributed by atoms with van der Waals surface area (Å²) in [7, 11) is 0. The van der Waals surface area contributed by atoms with Crippen LogP contribution >= 0.6 is 0 Å². The average molecular weight is 302 g/mol. The third-order valence-electron chi connectivity index (χ3n) is 2.70. The van der Waals surface area contributed by atoms with Gasteiger partial charge < -0.3 is 10.4 Å². The third kappa shape index (κ3) is 3.71. The smallest absolute Gasteiger partial charge is 0.326 e. The van der Waals surface area contributed by atoms with Crippen molar-refractivity contribution < 1.29 is 28.4 Å². The fraction of sp³-hybridized carbons (Fsp3) is 0.333.